The molecular weight excluding hydrogens is 214 g/mol. The summed E-state index contributed by atoms with van der Waals surface area (Å²) >= 11 is 0. The van der Waals surface area contributed by atoms with Gasteiger partial charge in [0.1, 0.15) is 0 Å². The van der Waals surface area contributed by atoms with Crippen molar-refractivity contribution in [2.45, 2.75) is 27.5 Å². The average molecular weight is 232 g/mol. The second-order valence-corrected chi connectivity index (χ2v) is 5.71. The third kappa shape index (κ3) is 1.63. The first-order valence-electron chi connectivity index (χ1n) is 6.79. The van der Waals surface area contributed by atoms with Crippen LogP contribution in [0.4, 0.5) is 0 Å². The fourth-order valence-electron chi connectivity index (χ4n) is 3.26. The van der Waals surface area contributed by atoms with Gasteiger partial charge in [0, 0.05) is 0 Å². The Balaban J connectivity index is 2.25. The van der Waals surface area contributed by atoms with Gasteiger partial charge in [0.2, 0.25) is 13.4 Å². The molecule has 0 radical (unpaired) electrons. The van der Waals surface area contributed by atoms with E-state index in [-0.39, 0.29) is 0 Å². The van der Waals surface area contributed by atoms with Crippen molar-refractivity contribution in [3.63, 3.8) is 0 Å². The summed E-state index contributed by atoms with van der Waals surface area (Å²) in [6.07, 6.45) is 0. The number of benzene rings is 2. The van der Waals surface area contributed by atoms with Crippen LogP contribution >= 0.6 is 0 Å². The average Bonchev–Trinajstić information content (AvgIpc) is 2.35. The molecule has 0 aromatic heterocycles. The van der Waals surface area contributed by atoms with Crippen molar-refractivity contribution in [1.29, 1.82) is 0 Å². The van der Waals surface area contributed by atoms with Crippen LogP contribution in [0.2, 0.25) is 13.6 Å². The third-order valence-electron chi connectivity index (χ3n) is 4.35. The zero-order chi connectivity index (χ0) is 12.9. The lowest BCUT2D eigenvalue weighted by Crippen LogP contribution is -2.66. The lowest BCUT2D eigenvalue weighted by atomic mass is 9.25. The van der Waals surface area contributed by atoms with Gasteiger partial charge < -0.3 is 0 Å². The molecule has 0 spiro atoms. The minimum absolute atomic E-state index is 0.519. The first kappa shape index (κ1) is 11.6. The van der Waals surface area contributed by atoms with Crippen molar-refractivity contribution in [2.24, 2.45) is 0 Å². The fraction of sp³-hybridized carbons (Fsp3) is 0.250. The molecule has 0 fully saturated rings. The summed E-state index contributed by atoms with van der Waals surface area (Å²) in [4.78, 5) is 0. The van der Waals surface area contributed by atoms with Gasteiger partial charge in [-0.2, -0.15) is 0 Å². The molecule has 0 nitrogen and oxygen atoms in total. The van der Waals surface area contributed by atoms with Crippen LogP contribution in [0.25, 0.3) is 0 Å². The maximum Gasteiger partial charge on any atom is 0.204 e. The number of fused-ring (bicyclic) bond motifs is 2. The number of aryl methyl sites for hydroxylation is 2. The van der Waals surface area contributed by atoms with Crippen LogP contribution in [0, 0.1) is 13.8 Å². The standard InChI is InChI=1S/C16H18B2/c1-11-5-7-13-15(9-11)18(4)16-10-12(2)6-8-14(16)17(13)3/h5-10H,1-4H3. The summed E-state index contributed by atoms with van der Waals surface area (Å²) in [5, 5.41) is 0. The predicted octanol–water partition coefficient (Wildman–Crippen LogP) is 1.09. The third-order valence-corrected chi connectivity index (χ3v) is 4.35. The fourth-order valence-corrected chi connectivity index (χ4v) is 3.26. The summed E-state index contributed by atoms with van der Waals surface area (Å²) < 4.78 is 0. The van der Waals surface area contributed by atoms with Crippen LogP contribution in [0.3, 0.4) is 0 Å². The Hall–Kier alpha value is -1.43. The molecule has 2 aromatic carbocycles. The molecule has 0 aliphatic carbocycles. The summed E-state index contributed by atoms with van der Waals surface area (Å²) in [5.41, 5.74) is 8.77. The van der Waals surface area contributed by atoms with E-state index in [2.05, 4.69) is 63.9 Å². The Kier molecular flexibility index (Phi) is 2.62. The van der Waals surface area contributed by atoms with Gasteiger partial charge in [0.15, 0.2) is 0 Å². The topological polar surface area (TPSA) is 0 Å². The first-order chi connectivity index (χ1) is 8.58. The van der Waals surface area contributed by atoms with Crippen LogP contribution in [-0.4, -0.2) is 13.4 Å². The van der Waals surface area contributed by atoms with Crippen molar-refractivity contribution in [3.8, 4) is 0 Å². The molecular formula is C16H18B2. The molecule has 1 heterocycles. The van der Waals surface area contributed by atoms with Gasteiger partial charge >= 0.3 is 0 Å². The molecule has 1 aliphatic rings. The molecule has 0 unspecified atom stereocenters. The van der Waals surface area contributed by atoms with Gasteiger partial charge in [-0.25, -0.2) is 0 Å². The highest BCUT2D eigenvalue weighted by atomic mass is 14.1. The molecule has 0 atom stereocenters. The largest absolute Gasteiger partial charge is 0.204 e. The minimum Gasteiger partial charge on any atom is -0.0794 e. The number of hydrogen-bond acceptors (Lipinski definition) is 0. The van der Waals surface area contributed by atoms with Gasteiger partial charge in [-0.3, -0.25) is 0 Å². The molecule has 88 valence electrons. The molecule has 0 N–H and O–H groups in total. The molecule has 0 saturated carbocycles. The van der Waals surface area contributed by atoms with Crippen molar-refractivity contribution in [3.05, 3.63) is 47.5 Å². The number of rotatable bonds is 0. The molecule has 0 saturated heterocycles. The molecule has 3 rings (SSSR count). The summed E-state index contributed by atoms with van der Waals surface area (Å²) in [7, 11) is 0. The van der Waals surface area contributed by atoms with Gasteiger partial charge in [-0.05, 0) is 13.8 Å². The maximum absolute atomic E-state index is 2.36. The minimum atomic E-state index is 0.519. The van der Waals surface area contributed by atoms with E-state index in [1.807, 2.05) is 0 Å². The lowest BCUT2D eigenvalue weighted by Gasteiger charge is -2.28. The normalized spacial score (nSPS) is 13.3. The van der Waals surface area contributed by atoms with Gasteiger partial charge in [-0.15, -0.1) is 0 Å². The summed E-state index contributed by atoms with van der Waals surface area (Å²) in [6, 6.07) is 13.8. The Morgan fingerprint density at radius 1 is 0.611 bits per heavy atom. The van der Waals surface area contributed by atoms with Crippen LogP contribution in [0.5, 0.6) is 0 Å². The lowest BCUT2D eigenvalue weighted by molar-refractivity contribution is 1.49. The monoisotopic (exact) mass is 232 g/mol. The molecule has 1 aliphatic heterocycles. The molecule has 2 aromatic rings. The highest BCUT2D eigenvalue weighted by Crippen LogP contribution is 2.04. The van der Waals surface area contributed by atoms with Crippen LogP contribution < -0.4 is 21.9 Å². The predicted molar refractivity (Wildman–Crippen MR) is 84.1 cm³/mol. The first-order valence-corrected chi connectivity index (χ1v) is 6.79. The quantitative estimate of drug-likeness (QED) is 0.596. The Labute approximate surface area is 111 Å². The molecule has 0 bridgehead atoms. The highest BCUT2D eigenvalue weighted by Gasteiger charge is 2.31. The maximum atomic E-state index is 2.36. The van der Waals surface area contributed by atoms with Crippen molar-refractivity contribution >= 4 is 35.3 Å². The van der Waals surface area contributed by atoms with Gasteiger partial charge in [0.05, 0.1) is 0 Å². The van der Waals surface area contributed by atoms with Crippen LogP contribution in [0.1, 0.15) is 11.1 Å². The Morgan fingerprint density at radius 3 is 1.44 bits per heavy atom. The Morgan fingerprint density at radius 2 is 1.00 bits per heavy atom. The zero-order valence-corrected chi connectivity index (χ0v) is 11.6. The highest BCUT2D eigenvalue weighted by molar-refractivity contribution is 7.01. The van der Waals surface area contributed by atoms with E-state index in [4.69, 9.17) is 0 Å². The van der Waals surface area contributed by atoms with E-state index in [1.54, 1.807) is 0 Å². The molecule has 18 heavy (non-hydrogen) atoms. The number of hydrogen-bond donors (Lipinski definition) is 0. The summed E-state index contributed by atoms with van der Waals surface area (Å²) in [6.45, 7) is 10.1. The van der Waals surface area contributed by atoms with E-state index in [0.717, 1.165) is 0 Å². The second kappa shape index (κ2) is 4.05. The van der Waals surface area contributed by atoms with Gasteiger partial charge in [0.25, 0.3) is 0 Å². The van der Waals surface area contributed by atoms with E-state index in [0.29, 0.717) is 13.4 Å². The molecule has 2 heteroatoms. The zero-order valence-electron chi connectivity index (χ0n) is 11.6. The van der Waals surface area contributed by atoms with Crippen LogP contribution in [-0.2, 0) is 0 Å². The van der Waals surface area contributed by atoms with E-state index >= 15 is 0 Å². The van der Waals surface area contributed by atoms with Crippen LogP contribution in [0.15, 0.2) is 36.4 Å². The van der Waals surface area contributed by atoms with E-state index < -0.39 is 0 Å². The summed E-state index contributed by atoms with van der Waals surface area (Å²) in [5.74, 6) is 0. The SMILES string of the molecule is CB1c2ccc(C)cc2B(C)c2cc(C)ccc21. The molecule has 0 amide bonds. The van der Waals surface area contributed by atoms with Gasteiger partial charge in [-0.1, -0.05) is 83.0 Å². The Bertz CT molecular complexity index is 563. The van der Waals surface area contributed by atoms with Crippen molar-refractivity contribution < 1.29 is 0 Å². The van der Waals surface area contributed by atoms with Crippen molar-refractivity contribution in [1.82, 2.24) is 0 Å². The smallest absolute Gasteiger partial charge is 0.0794 e. The van der Waals surface area contributed by atoms with E-state index in [1.165, 1.54) is 33.0 Å². The van der Waals surface area contributed by atoms with E-state index in [9.17, 15) is 0 Å². The van der Waals surface area contributed by atoms with Crippen molar-refractivity contribution in [2.75, 3.05) is 0 Å². The second-order valence-electron chi connectivity index (χ2n) is 5.71.